The molecule has 1 heterocycles. The summed E-state index contributed by atoms with van der Waals surface area (Å²) in [6.07, 6.45) is 0. The number of aromatic nitrogens is 1. The van der Waals surface area contributed by atoms with Gasteiger partial charge in [-0.1, -0.05) is 0 Å². The molecule has 0 unspecified atom stereocenters. The first-order chi connectivity index (χ1) is 9.65. The Bertz CT molecular complexity index is 626. The second-order valence-electron chi connectivity index (χ2n) is 4.44. The number of aliphatic hydroxyl groups is 1. The third-order valence-corrected chi connectivity index (χ3v) is 4.18. The van der Waals surface area contributed by atoms with Crippen LogP contribution in [0.1, 0.15) is 17.5 Å². The fraction of sp³-hybridized carbons (Fsp3) is 0.400. The Balaban J connectivity index is 2.37. The summed E-state index contributed by atoms with van der Waals surface area (Å²) in [7, 11) is 0. The third-order valence-electron chi connectivity index (χ3n) is 3.09. The van der Waals surface area contributed by atoms with E-state index < -0.39 is 0 Å². The summed E-state index contributed by atoms with van der Waals surface area (Å²) < 4.78 is 7.47. The number of rotatable bonds is 5. The number of benzene rings is 1. The lowest BCUT2D eigenvalue weighted by atomic mass is 10.3. The van der Waals surface area contributed by atoms with E-state index >= 15 is 0 Å². The predicted octanol–water partition coefficient (Wildman–Crippen LogP) is 2.79. The molecule has 0 atom stereocenters. The molecule has 1 N–H and O–H groups in total. The van der Waals surface area contributed by atoms with E-state index in [1.807, 2.05) is 31.2 Å². The van der Waals surface area contributed by atoms with E-state index in [4.69, 9.17) is 9.84 Å². The zero-order chi connectivity index (χ0) is 14.5. The molecule has 2 rings (SSSR count). The number of aliphatic hydroxyl groups excluding tert-OH is 1. The van der Waals surface area contributed by atoms with E-state index in [1.54, 1.807) is 11.3 Å². The molecule has 0 spiro atoms. The van der Waals surface area contributed by atoms with E-state index in [0.717, 1.165) is 21.9 Å². The lowest BCUT2D eigenvalue weighted by molar-refractivity contribution is 0.273. The highest BCUT2D eigenvalue weighted by Crippen LogP contribution is 2.18. The molecule has 0 radical (unpaired) electrons. The van der Waals surface area contributed by atoms with Crippen LogP contribution >= 0.6 is 11.3 Å². The molecule has 4 nitrogen and oxygen atoms in total. The van der Waals surface area contributed by atoms with E-state index in [1.165, 1.54) is 4.88 Å². The molecule has 2 aromatic rings. The Morgan fingerprint density at radius 2 is 1.95 bits per heavy atom. The molecule has 0 aliphatic carbocycles. The average molecular weight is 292 g/mol. The second kappa shape index (κ2) is 6.72. The SMILES string of the molecule is CCOc1ccc(N=c2sc(C)c(C)n2CCO)cc1. The van der Waals surface area contributed by atoms with Crippen molar-refractivity contribution in [3.8, 4) is 5.75 Å². The molecule has 20 heavy (non-hydrogen) atoms. The van der Waals surface area contributed by atoms with Crippen molar-refractivity contribution in [1.82, 2.24) is 4.57 Å². The molecule has 0 fully saturated rings. The molecule has 0 bridgehead atoms. The van der Waals surface area contributed by atoms with Crippen molar-refractivity contribution in [2.75, 3.05) is 13.2 Å². The fourth-order valence-electron chi connectivity index (χ4n) is 1.94. The standard InChI is InChI=1S/C15H20N2O2S/c1-4-19-14-7-5-13(6-8-14)16-15-17(9-10-18)11(2)12(3)20-15/h5-8,18H,4,9-10H2,1-3H3. The number of ether oxygens (including phenoxy) is 1. The van der Waals surface area contributed by atoms with Gasteiger partial charge in [-0.15, -0.1) is 11.3 Å². The van der Waals surface area contributed by atoms with Crippen molar-refractivity contribution in [1.29, 1.82) is 0 Å². The van der Waals surface area contributed by atoms with E-state index in [0.29, 0.717) is 13.2 Å². The maximum absolute atomic E-state index is 9.16. The molecule has 0 aliphatic rings. The highest BCUT2D eigenvalue weighted by atomic mass is 32.1. The molecule has 0 saturated carbocycles. The Kier molecular flexibility index (Phi) is 4.98. The van der Waals surface area contributed by atoms with E-state index in [2.05, 4.69) is 23.4 Å². The van der Waals surface area contributed by atoms with Gasteiger partial charge in [0.2, 0.25) is 0 Å². The summed E-state index contributed by atoms with van der Waals surface area (Å²) in [6.45, 7) is 7.45. The van der Waals surface area contributed by atoms with Crippen LogP contribution < -0.4 is 9.54 Å². The molecular formula is C15H20N2O2S. The quantitative estimate of drug-likeness (QED) is 0.921. The fourth-order valence-corrected chi connectivity index (χ4v) is 2.96. The highest BCUT2D eigenvalue weighted by molar-refractivity contribution is 7.09. The molecule has 108 valence electrons. The molecule has 5 heteroatoms. The predicted molar refractivity (Wildman–Crippen MR) is 81.7 cm³/mol. The van der Waals surface area contributed by atoms with Gasteiger partial charge >= 0.3 is 0 Å². The topological polar surface area (TPSA) is 46.8 Å². The van der Waals surface area contributed by atoms with Crippen LogP contribution in [0.5, 0.6) is 5.75 Å². The van der Waals surface area contributed by atoms with Gasteiger partial charge in [0.25, 0.3) is 0 Å². The van der Waals surface area contributed by atoms with Gasteiger partial charge in [-0.2, -0.15) is 0 Å². The number of hydrogen-bond acceptors (Lipinski definition) is 4. The van der Waals surface area contributed by atoms with Gasteiger partial charge in [-0.3, -0.25) is 0 Å². The van der Waals surface area contributed by atoms with Gasteiger partial charge in [0, 0.05) is 17.1 Å². The summed E-state index contributed by atoms with van der Waals surface area (Å²) >= 11 is 1.64. The summed E-state index contributed by atoms with van der Waals surface area (Å²) in [5.41, 5.74) is 2.05. The normalized spacial score (nSPS) is 11.9. The number of aryl methyl sites for hydroxylation is 1. The number of thiazole rings is 1. The van der Waals surface area contributed by atoms with Crippen molar-refractivity contribution in [3.63, 3.8) is 0 Å². The average Bonchev–Trinajstić information content (AvgIpc) is 2.70. The van der Waals surface area contributed by atoms with Crippen LogP contribution in [0.15, 0.2) is 29.3 Å². The molecule has 1 aromatic heterocycles. The minimum absolute atomic E-state index is 0.119. The van der Waals surface area contributed by atoms with Crippen molar-refractivity contribution < 1.29 is 9.84 Å². The highest BCUT2D eigenvalue weighted by Gasteiger charge is 2.05. The Labute approximate surface area is 123 Å². The third kappa shape index (κ3) is 3.29. The largest absolute Gasteiger partial charge is 0.494 e. The number of hydrogen-bond donors (Lipinski definition) is 1. The zero-order valence-corrected chi connectivity index (χ0v) is 12.9. The van der Waals surface area contributed by atoms with Crippen LogP contribution in [-0.4, -0.2) is 22.9 Å². The van der Waals surface area contributed by atoms with Gasteiger partial charge in [0.1, 0.15) is 5.75 Å². The zero-order valence-electron chi connectivity index (χ0n) is 12.1. The van der Waals surface area contributed by atoms with Crippen LogP contribution in [0.25, 0.3) is 0 Å². The molecule has 0 saturated heterocycles. The maximum atomic E-state index is 9.16. The monoisotopic (exact) mass is 292 g/mol. The molecular weight excluding hydrogens is 272 g/mol. The van der Waals surface area contributed by atoms with Gasteiger partial charge in [-0.25, -0.2) is 4.99 Å². The van der Waals surface area contributed by atoms with Gasteiger partial charge < -0.3 is 14.4 Å². The van der Waals surface area contributed by atoms with Crippen LogP contribution in [0.4, 0.5) is 5.69 Å². The van der Waals surface area contributed by atoms with Gasteiger partial charge in [-0.05, 0) is 45.0 Å². The summed E-state index contributed by atoms with van der Waals surface area (Å²) in [5, 5.41) is 9.16. The Morgan fingerprint density at radius 1 is 1.25 bits per heavy atom. The van der Waals surface area contributed by atoms with Crippen molar-refractivity contribution >= 4 is 17.0 Å². The summed E-state index contributed by atoms with van der Waals surface area (Å²) in [6, 6.07) is 7.73. The molecule has 0 aliphatic heterocycles. The summed E-state index contributed by atoms with van der Waals surface area (Å²) in [5.74, 6) is 0.855. The van der Waals surface area contributed by atoms with Crippen LogP contribution in [-0.2, 0) is 6.54 Å². The van der Waals surface area contributed by atoms with E-state index in [-0.39, 0.29) is 6.61 Å². The minimum Gasteiger partial charge on any atom is -0.494 e. The minimum atomic E-state index is 0.119. The second-order valence-corrected chi connectivity index (χ2v) is 5.62. The van der Waals surface area contributed by atoms with Gasteiger partial charge in [0.15, 0.2) is 4.80 Å². The van der Waals surface area contributed by atoms with Crippen molar-refractivity contribution in [2.45, 2.75) is 27.3 Å². The van der Waals surface area contributed by atoms with Crippen molar-refractivity contribution in [2.24, 2.45) is 4.99 Å². The first-order valence-corrected chi connectivity index (χ1v) is 7.52. The maximum Gasteiger partial charge on any atom is 0.190 e. The Morgan fingerprint density at radius 3 is 2.55 bits per heavy atom. The van der Waals surface area contributed by atoms with Crippen molar-refractivity contribution in [3.05, 3.63) is 39.6 Å². The lowest BCUT2D eigenvalue weighted by Crippen LogP contribution is -2.18. The van der Waals surface area contributed by atoms with Crippen LogP contribution in [0, 0.1) is 13.8 Å². The first-order valence-electron chi connectivity index (χ1n) is 6.71. The molecule has 0 amide bonds. The smallest absolute Gasteiger partial charge is 0.190 e. The molecule has 1 aromatic carbocycles. The van der Waals surface area contributed by atoms with Crippen LogP contribution in [0.3, 0.4) is 0 Å². The summed E-state index contributed by atoms with van der Waals surface area (Å²) in [4.78, 5) is 6.80. The lowest BCUT2D eigenvalue weighted by Gasteiger charge is -2.04. The number of nitrogens with zero attached hydrogens (tertiary/aromatic N) is 2. The van der Waals surface area contributed by atoms with Gasteiger partial charge in [0.05, 0.1) is 18.9 Å². The van der Waals surface area contributed by atoms with Crippen LogP contribution in [0.2, 0.25) is 0 Å². The van der Waals surface area contributed by atoms with E-state index in [9.17, 15) is 0 Å². The Hall–Kier alpha value is -1.59. The first kappa shape index (κ1) is 14.8.